The number of rotatable bonds is 4. The average Bonchev–Trinajstić information content (AvgIpc) is 3.04. The van der Waals surface area contributed by atoms with Crippen molar-refractivity contribution >= 4 is 0 Å². The van der Waals surface area contributed by atoms with Crippen LogP contribution in [0.3, 0.4) is 0 Å². The first-order valence-electron chi connectivity index (χ1n) is 8.06. The molecule has 1 aromatic heterocycles. The maximum absolute atomic E-state index is 4.09. The van der Waals surface area contributed by atoms with Crippen molar-refractivity contribution in [1.29, 1.82) is 0 Å². The second kappa shape index (κ2) is 6.44. The van der Waals surface area contributed by atoms with Crippen molar-refractivity contribution in [3.63, 3.8) is 0 Å². The molecule has 3 heteroatoms. The Bertz CT molecular complexity index is 536. The lowest BCUT2D eigenvalue weighted by Gasteiger charge is -2.30. The Morgan fingerprint density at radius 3 is 2.48 bits per heavy atom. The molecule has 0 spiro atoms. The molecule has 2 aromatic rings. The van der Waals surface area contributed by atoms with Gasteiger partial charge in [-0.15, -0.1) is 0 Å². The number of imidazole rings is 1. The molecule has 0 aliphatic heterocycles. The summed E-state index contributed by atoms with van der Waals surface area (Å²) < 4.78 is 2.03. The molecule has 1 aliphatic rings. The second-order valence-corrected chi connectivity index (χ2v) is 6.41. The third kappa shape index (κ3) is 3.53. The van der Waals surface area contributed by atoms with Crippen LogP contribution in [0.2, 0.25) is 0 Å². The summed E-state index contributed by atoms with van der Waals surface area (Å²) >= 11 is 0. The summed E-state index contributed by atoms with van der Waals surface area (Å²) in [6, 6.07) is 9.87. The maximum atomic E-state index is 4.09. The Morgan fingerprint density at radius 2 is 1.86 bits per heavy atom. The normalized spacial score (nSPS) is 23.9. The molecule has 0 radical (unpaired) electrons. The first-order valence-corrected chi connectivity index (χ1v) is 8.06. The molecule has 1 fully saturated rings. The van der Waals surface area contributed by atoms with Crippen LogP contribution in [0.15, 0.2) is 43.0 Å². The van der Waals surface area contributed by atoms with Gasteiger partial charge in [-0.2, -0.15) is 0 Å². The predicted octanol–water partition coefficient (Wildman–Crippen LogP) is 4.10. The van der Waals surface area contributed by atoms with Gasteiger partial charge in [-0.1, -0.05) is 19.1 Å². The fourth-order valence-electron chi connectivity index (χ4n) is 3.22. The van der Waals surface area contributed by atoms with Crippen LogP contribution in [0.1, 0.15) is 51.1 Å². The molecule has 3 nitrogen and oxygen atoms in total. The predicted molar refractivity (Wildman–Crippen MR) is 86.5 cm³/mol. The smallest absolute Gasteiger partial charge is 0.0991 e. The van der Waals surface area contributed by atoms with Crippen LogP contribution >= 0.6 is 0 Å². The van der Waals surface area contributed by atoms with Crippen LogP contribution in [0.5, 0.6) is 0 Å². The maximum Gasteiger partial charge on any atom is 0.0991 e. The average molecular weight is 283 g/mol. The van der Waals surface area contributed by atoms with E-state index in [-0.39, 0.29) is 0 Å². The zero-order valence-electron chi connectivity index (χ0n) is 13.0. The van der Waals surface area contributed by atoms with Crippen molar-refractivity contribution in [3.8, 4) is 5.69 Å². The quantitative estimate of drug-likeness (QED) is 0.915. The van der Waals surface area contributed by atoms with E-state index >= 15 is 0 Å². The van der Waals surface area contributed by atoms with E-state index in [9.17, 15) is 0 Å². The van der Waals surface area contributed by atoms with Crippen LogP contribution in [0.4, 0.5) is 0 Å². The van der Waals surface area contributed by atoms with Gasteiger partial charge in [-0.05, 0) is 56.2 Å². The topological polar surface area (TPSA) is 29.9 Å². The molecule has 21 heavy (non-hydrogen) atoms. The van der Waals surface area contributed by atoms with Gasteiger partial charge in [0.25, 0.3) is 0 Å². The lowest BCUT2D eigenvalue weighted by Crippen LogP contribution is -2.34. The molecule has 1 aliphatic carbocycles. The molecule has 1 unspecified atom stereocenters. The zero-order valence-corrected chi connectivity index (χ0v) is 13.0. The fourth-order valence-corrected chi connectivity index (χ4v) is 3.22. The minimum atomic E-state index is 0.417. The highest BCUT2D eigenvalue weighted by molar-refractivity contribution is 5.35. The summed E-state index contributed by atoms with van der Waals surface area (Å²) in [5.74, 6) is 0.910. The van der Waals surface area contributed by atoms with Crippen molar-refractivity contribution < 1.29 is 0 Å². The molecular weight excluding hydrogens is 258 g/mol. The monoisotopic (exact) mass is 283 g/mol. The number of hydrogen-bond donors (Lipinski definition) is 1. The lowest BCUT2D eigenvalue weighted by molar-refractivity contribution is 0.292. The Kier molecular flexibility index (Phi) is 4.39. The van der Waals surface area contributed by atoms with Crippen molar-refractivity contribution in [2.45, 2.75) is 51.6 Å². The van der Waals surface area contributed by atoms with E-state index in [4.69, 9.17) is 0 Å². The first-order chi connectivity index (χ1) is 10.2. The van der Waals surface area contributed by atoms with Gasteiger partial charge in [0.2, 0.25) is 0 Å². The Labute approximate surface area is 127 Å². The van der Waals surface area contributed by atoms with Crippen LogP contribution < -0.4 is 5.32 Å². The van der Waals surface area contributed by atoms with Crippen molar-refractivity contribution in [2.24, 2.45) is 5.92 Å². The number of nitrogens with one attached hydrogen (secondary N) is 1. The third-order valence-corrected chi connectivity index (χ3v) is 4.70. The van der Waals surface area contributed by atoms with Gasteiger partial charge < -0.3 is 9.88 Å². The van der Waals surface area contributed by atoms with Gasteiger partial charge in [0.15, 0.2) is 0 Å². The molecule has 3 rings (SSSR count). The van der Waals surface area contributed by atoms with Crippen molar-refractivity contribution in [1.82, 2.24) is 14.9 Å². The molecule has 1 heterocycles. The summed E-state index contributed by atoms with van der Waals surface area (Å²) in [4.78, 5) is 4.09. The summed E-state index contributed by atoms with van der Waals surface area (Å²) in [5, 5.41) is 3.79. The van der Waals surface area contributed by atoms with Gasteiger partial charge in [0, 0.05) is 30.2 Å². The molecule has 1 atom stereocenters. The van der Waals surface area contributed by atoms with E-state index in [0.29, 0.717) is 12.1 Å². The summed E-state index contributed by atoms with van der Waals surface area (Å²) in [7, 11) is 0. The molecule has 0 amide bonds. The first kappa shape index (κ1) is 14.3. The fraction of sp³-hybridized carbons (Fsp3) is 0.500. The molecule has 1 aromatic carbocycles. The van der Waals surface area contributed by atoms with Gasteiger partial charge in [0.05, 0.1) is 6.33 Å². The minimum absolute atomic E-state index is 0.417. The molecule has 1 saturated carbocycles. The van der Waals surface area contributed by atoms with Gasteiger partial charge in [-0.3, -0.25) is 0 Å². The molecule has 1 N–H and O–H groups in total. The SMILES string of the molecule is CC1CCC(NC(C)c2ccc(-n3ccnc3)cc2)CC1. The van der Waals surface area contributed by atoms with E-state index in [1.54, 1.807) is 0 Å². The lowest BCUT2D eigenvalue weighted by atomic mass is 9.87. The molecule has 0 bridgehead atoms. The van der Waals surface area contributed by atoms with E-state index in [1.807, 2.05) is 23.3 Å². The third-order valence-electron chi connectivity index (χ3n) is 4.70. The highest BCUT2D eigenvalue weighted by atomic mass is 15.0. The highest BCUT2D eigenvalue weighted by Gasteiger charge is 2.19. The van der Waals surface area contributed by atoms with Crippen LogP contribution in [-0.2, 0) is 0 Å². The minimum Gasteiger partial charge on any atom is -0.307 e. The second-order valence-electron chi connectivity index (χ2n) is 6.41. The largest absolute Gasteiger partial charge is 0.307 e. The van der Waals surface area contributed by atoms with E-state index in [1.165, 1.54) is 31.2 Å². The van der Waals surface area contributed by atoms with Crippen molar-refractivity contribution in [2.75, 3.05) is 0 Å². The molecule has 0 saturated heterocycles. The Morgan fingerprint density at radius 1 is 1.14 bits per heavy atom. The summed E-state index contributed by atoms with van der Waals surface area (Å²) in [6.45, 7) is 4.64. The van der Waals surface area contributed by atoms with Gasteiger partial charge in [0.1, 0.15) is 0 Å². The Balaban J connectivity index is 1.61. The standard InChI is InChI=1S/C18H25N3/c1-14-3-7-17(8-4-14)20-15(2)16-5-9-18(10-6-16)21-12-11-19-13-21/h5-6,9-15,17,20H,3-4,7-8H2,1-2H3. The number of nitrogens with zero attached hydrogens (tertiary/aromatic N) is 2. The number of hydrogen-bond acceptors (Lipinski definition) is 2. The van der Waals surface area contributed by atoms with Crippen LogP contribution in [-0.4, -0.2) is 15.6 Å². The van der Waals surface area contributed by atoms with E-state index in [2.05, 4.69) is 48.4 Å². The molecule has 112 valence electrons. The van der Waals surface area contributed by atoms with Crippen LogP contribution in [0, 0.1) is 5.92 Å². The van der Waals surface area contributed by atoms with Gasteiger partial charge >= 0.3 is 0 Å². The summed E-state index contributed by atoms with van der Waals surface area (Å²) in [5.41, 5.74) is 2.52. The summed E-state index contributed by atoms with van der Waals surface area (Å²) in [6.07, 6.45) is 11.0. The number of benzene rings is 1. The Hall–Kier alpha value is -1.61. The zero-order chi connectivity index (χ0) is 14.7. The number of aromatic nitrogens is 2. The van der Waals surface area contributed by atoms with E-state index < -0.39 is 0 Å². The van der Waals surface area contributed by atoms with Crippen molar-refractivity contribution in [3.05, 3.63) is 48.5 Å². The van der Waals surface area contributed by atoms with E-state index in [0.717, 1.165) is 11.6 Å². The van der Waals surface area contributed by atoms with Crippen LogP contribution in [0.25, 0.3) is 5.69 Å². The highest BCUT2D eigenvalue weighted by Crippen LogP contribution is 2.25. The van der Waals surface area contributed by atoms with Gasteiger partial charge in [-0.25, -0.2) is 4.98 Å². The molecular formula is C18H25N3.